The van der Waals surface area contributed by atoms with Crippen LogP contribution in [0.5, 0.6) is 0 Å². The summed E-state index contributed by atoms with van der Waals surface area (Å²) in [5.41, 5.74) is 2.64. The number of benzene rings is 1. The molecule has 2 heterocycles. The minimum absolute atomic E-state index is 0.177. The van der Waals surface area contributed by atoms with Gasteiger partial charge in [0, 0.05) is 45.0 Å². The van der Waals surface area contributed by atoms with Crippen molar-refractivity contribution in [2.45, 2.75) is 39.0 Å². The number of hydrogen-bond acceptors (Lipinski definition) is 3. The van der Waals surface area contributed by atoms with Crippen LogP contribution in [0.4, 0.5) is 5.69 Å². The predicted octanol–water partition coefficient (Wildman–Crippen LogP) is 3.02. The first-order valence-electron chi connectivity index (χ1n) is 10.6. The van der Waals surface area contributed by atoms with E-state index in [2.05, 4.69) is 45.9 Å². The molecular weight excluding hydrogens is 322 g/mol. The Kier molecular flexibility index (Phi) is 5.49. The highest BCUT2D eigenvalue weighted by molar-refractivity contribution is 5.80. The van der Waals surface area contributed by atoms with Crippen LogP contribution in [-0.4, -0.2) is 61.5 Å². The summed E-state index contributed by atoms with van der Waals surface area (Å²) in [6, 6.07) is 8.86. The lowest BCUT2D eigenvalue weighted by molar-refractivity contribution is -0.134. The maximum absolute atomic E-state index is 13.1. The molecule has 0 unspecified atom stereocenters. The van der Waals surface area contributed by atoms with E-state index in [0.717, 1.165) is 57.9 Å². The van der Waals surface area contributed by atoms with Gasteiger partial charge >= 0.3 is 0 Å². The van der Waals surface area contributed by atoms with Gasteiger partial charge in [0.25, 0.3) is 0 Å². The third-order valence-electron chi connectivity index (χ3n) is 6.36. The number of carbonyl (C=O) groups is 1. The first kappa shape index (κ1) is 17.8. The van der Waals surface area contributed by atoms with Crippen LogP contribution in [0.15, 0.2) is 24.3 Å². The van der Waals surface area contributed by atoms with Crippen LogP contribution in [-0.2, 0) is 11.2 Å². The van der Waals surface area contributed by atoms with Crippen LogP contribution in [0.25, 0.3) is 0 Å². The summed E-state index contributed by atoms with van der Waals surface area (Å²) in [5, 5.41) is 0. The number of rotatable bonds is 5. The topological polar surface area (TPSA) is 26.8 Å². The van der Waals surface area contributed by atoms with E-state index in [0.29, 0.717) is 5.91 Å². The molecule has 3 aliphatic rings. The van der Waals surface area contributed by atoms with Crippen LogP contribution in [0, 0.1) is 11.8 Å². The van der Waals surface area contributed by atoms with Crippen LogP contribution in [0.2, 0.25) is 0 Å². The van der Waals surface area contributed by atoms with Crippen LogP contribution in [0.1, 0.15) is 38.2 Å². The first-order chi connectivity index (χ1) is 12.7. The Morgan fingerprint density at radius 1 is 1.00 bits per heavy atom. The highest BCUT2D eigenvalue weighted by Crippen LogP contribution is 2.30. The third-order valence-corrected chi connectivity index (χ3v) is 6.36. The molecule has 1 aromatic rings. The molecule has 1 amide bonds. The van der Waals surface area contributed by atoms with Gasteiger partial charge in [0.2, 0.25) is 5.91 Å². The fraction of sp³-hybridized carbons (Fsp3) is 0.682. The number of aryl methyl sites for hydroxylation is 1. The van der Waals surface area contributed by atoms with E-state index in [-0.39, 0.29) is 5.92 Å². The van der Waals surface area contributed by atoms with Crippen molar-refractivity contribution in [3.05, 3.63) is 29.8 Å². The number of nitrogens with zero attached hydrogens (tertiary/aromatic N) is 3. The zero-order valence-corrected chi connectivity index (χ0v) is 16.2. The summed E-state index contributed by atoms with van der Waals surface area (Å²) >= 11 is 0. The molecule has 2 aliphatic heterocycles. The highest BCUT2D eigenvalue weighted by Gasteiger charge is 2.33. The van der Waals surface area contributed by atoms with Crippen molar-refractivity contribution in [2.75, 3.05) is 50.7 Å². The zero-order chi connectivity index (χ0) is 17.9. The molecule has 1 aliphatic carbocycles. The standard InChI is InChI=1S/C22H33N3O/c1-2-18-6-8-21(9-7-18)25-13-10-20(17-25)22(26)24-12-3-11-23(14-15-24)16-19-4-5-19/h6-9,19-20H,2-5,10-17H2,1H3/t20-/m0/s1. The van der Waals surface area contributed by atoms with Crippen molar-refractivity contribution < 1.29 is 4.79 Å². The van der Waals surface area contributed by atoms with Crippen molar-refractivity contribution >= 4 is 11.6 Å². The summed E-state index contributed by atoms with van der Waals surface area (Å²) < 4.78 is 0. The van der Waals surface area contributed by atoms with Gasteiger partial charge in [-0.15, -0.1) is 0 Å². The van der Waals surface area contributed by atoms with E-state index in [1.54, 1.807) is 0 Å². The molecule has 142 valence electrons. The molecule has 2 saturated heterocycles. The van der Waals surface area contributed by atoms with Gasteiger partial charge in [0.1, 0.15) is 0 Å². The van der Waals surface area contributed by atoms with E-state index in [1.807, 2.05) is 0 Å². The average molecular weight is 356 g/mol. The predicted molar refractivity (Wildman–Crippen MR) is 107 cm³/mol. The van der Waals surface area contributed by atoms with Gasteiger partial charge in [-0.2, -0.15) is 0 Å². The van der Waals surface area contributed by atoms with Gasteiger partial charge in [-0.05, 0) is 62.3 Å². The third kappa shape index (κ3) is 4.22. The van der Waals surface area contributed by atoms with Gasteiger partial charge in [0.05, 0.1) is 5.92 Å². The smallest absolute Gasteiger partial charge is 0.227 e. The highest BCUT2D eigenvalue weighted by atomic mass is 16.2. The summed E-state index contributed by atoms with van der Waals surface area (Å²) in [7, 11) is 0. The maximum Gasteiger partial charge on any atom is 0.227 e. The largest absolute Gasteiger partial charge is 0.371 e. The van der Waals surface area contributed by atoms with E-state index in [9.17, 15) is 4.79 Å². The Bertz CT molecular complexity index is 610. The molecular formula is C22H33N3O. The monoisotopic (exact) mass is 355 g/mol. The molecule has 3 fully saturated rings. The first-order valence-corrected chi connectivity index (χ1v) is 10.6. The Balaban J connectivity index is 1.30. The van der Waals surface area contributed by atoms with Crippen LogP contribution >= 0.6 is 0 Å². The summed E-state index contributed by atoms with van der Waals surface area (Å²) in [5.74, 6) is 1.52. The summed E-state index contributed by atoms with van der Waals surface area (Å²) in [6.45, 7) is 9.43. The average Bonchev–Trinajstić information content (AvgIpc) is 3.41. The molecule has 0 N–H and O–H groups in total. The van der Waals surface area contributed by atoms with E-state index >= 15 is 0 Å². The van der Waals surface area contributed by atoms with Gasteiger partial charge in [-0.3, -0.25) is 4.79 Å². The SMILES string of the molecule is CCc1ccc(N2CC[C@H](C(=O)N3CCCN(CC4CC4)CC3)C2)cc1. The van der Waals surface area contributed by atoms with Crippen molar-refractivity contribution in [3.8, 4) is 0 Å². The molecule has 1 aromatic carbocycles. The second kappa shape index (κ2) is 7.99. The Labute approximate surface area is 158 Å². The van der Waals surface area contributed by atoms with Crippen LogP contribution in [0.3, 0.4) is 0 Å². The molecule has 0 bridgehead atoms. The van der Waals surface area contributed by atoms with E-state index < -0.39 is 0 Å². The lowest BCUT2D eigenvalue weighted by Gasteiger charge is -2.25. The molecule has 4 heteroatoms. The van der Waals surface area contributed by atoms with E-state index in [1.165, 1.54) is 37.2 Å². The zero-order valence-electron chi connectivity index (χ0n) is 16.2. The lowest BCUT2D eigenvalue weighted by atomic mass is 10.1. The molecule has 1 saturated carbocycles. The van der Waals surface area contributed by atoms with Crippen LogP contribution < -0.4 is 4.90 Å². The summed E-state index contributed by atoms with van der Waals surface area (Å²) in [4.78, 5) is 20.2. The summed E-state index contributed by atoms with van der Waals surface area (Å²) in [6.07, 6.45) is 6.03. The Morgan fingerprint density at radius 2 is 1.81 bits per heavy atom. The second-order valence-electron chi connectivity index (χ2n) is 8.37. The quantitative estimate of drug-likeness (QED) is 0.812. The number of carbonyl (C=O) groups excluding carboxylic acids is 1. The normalized spacial score (nSPS) is 24.7. The van der Waals surface area contributed by atoms with E-state index in [4.69, 9.17) is 0 Å². The molecule has 0 aromatic heterocycles. The lowest BCUT2D eigenvalue weighted by Crippen LogP contribution is -2.40. The minimum Gasteiger partial charge on any atom is -0.371 e. The fourth-order valence-electron chi connectivity index (χ4n) is 4.44. The second-order valence-corrected chi connectivity index (χ2v) is 8.37. The van der Waals surface area contributed by atoms with Gasteiger partial charge < -0.3 is 14.7 Å². The van der Waals surface area contributed by atoms with Crippen molar-refractivity contribution in [3.63, 3.8) is 0 Å². The van der Waals surface area contributed by atoms with Gasteiger partial charge in [0.15, 0.2) is 0 Å². The molecule has 4 nitrogen and oxygen atoms in total. The Hall–Kier alpha value is -1.55. The van der Waals surface area contributed by atoms with Crippen molar-refractivity contribution in [1.82, 2.24) is 9.80 Å². The fourth-order valence-corrected chi connectivity index (χ4v) is 4.44. The molecule has 0 radical (unpaired) electrons. The number of amides is 1. The molecule has 0 spiro atoms. The maximum atomic E-state index is 13.1. The van der Waals surface area contributed by atoms with Crippen molar-refractivity contribution in [1.29, 1.82) is 0 Å². The molecule has 4 rings (SSSR count). The number of anilines is 1. The van der Waals surface area contributed by atoms with Gasteiger partial charge in [-0.25, -0.2) is 0 Å². The van der Waals surface area contributed by atoms with Gasteiger partial charge in [-0.1, -0.05) is 19.1 Å². The van der Waals surface area contributed by atoms with Crippen molar-refractivity contribution in [2.24, 2.45) is 11.8 Å². The molecule has 26 heavy (non-hydrogen) atoms. The molecule has 1 atom stereocenters. The Morgan fingerprint density at radius 3 is 2.54 bits per heavy atom. The number of hydrogen-bond donors (Lipinski definition) is 0. The minimum atomic E-state index is 0.177.